The molecule has 0 atom stereocenters. The third kappa shape index (κ3) is 4.80. The SMILES string of the molecule is C=CCOc1ccc(CN(C)C(=O)c2ccc(N3CCCCC3=O)cc2)cc1. The van der Waals surface area contributed by atoms with Crippen molar-refractivity contribution in [2.24, 2.45) is 0 Å². The predicted octanol–water partition coefficient (Wildman–Crippen LogP) is 4.04. The van der Waals surface area contributed by atoms with Gasteiger partial charge in [0.1, 0.15) is 12.4 Å². The third-order valence-electron chi connectivity index (χ3n) is 4.81. The first kappa shape index (κ1) is 19.7. The molecule has 1 heterocycles. The second-order valence-electron chi connectivity index (χ2n) is 6.95. The molecule has 0 N–H and O–H groups in total. The monoisotopic (exact) mass is 378 g/mol. The lowest BCUT2D eigenvalue weighted by Gasteiger charge is -2.27. The summed E-state index contributed by atoms with van der Waals surface area (Å²) in [5.74, 6) is 0.881. The highest BCUT2D eigenvalue weighted by Gasteiger charge is 2.20. The van der Waals surface area contributed by atoms with Crippen LogP contribution in [0, 0.1) is 0 Å². The molecule has 2 amide bonds. The molecule has 2 aromatic carbocycles. The molecule has 28 heavy (non-hydrogen) atoms. The van der Waals surface area contributed by atoms with Gasteiger partial charge in [-0.05, 0) is 54.8 Å². The first-order chi connectivity index (χ1) is 13.6. The Morgan fingerprint density at radius 1 is 1.14 bits per heavy atom. The average Bonchev–Trinajstić information content (AvgIpc) is 2.73. The Hall–Kier alpha value is -3.08. The molecule has 3 rings (SSSR count). The maximum atomic E-state index is 12.7. The van der Waals surface area contributed by atoms with E-state index in [1.165, 1.54) is 0 Å². The summed E-state index contributed by atoms with van der Waals surface area (Å²) in [5.41, 5.74) is 2.50. The lowest BCUT2D eigenvalue weighted by atomic mass is 10.1. The van der Waals surface area contributed by atoms with E-state index in [1.54, 1.807) is 35.1 Å². The molecule has 0 aliphatic carbocycles. The molecule has 0 aromatic heterocycles. The number of nitrogens with zero attached hydrogens (tertiary/aromatic N) is 2. The Bertz CT molecular complexity index is 828. The zero-order valence-electron chi connectivity index (χ0n) is 16.3. The van der Waals surface area contributed by atoms with Gasteiger partial charge >= 0.3 is 0 Å². The van der Waals surface area contributed by atoms with E-state index in [0.717, 1.165) is 36.4 Å². The molecule has 146 valence electrons. The molecule has 0 radical (unpaired) electrons. The van der Waals surface area contributed by atoms with Gasteiger partial charge in [-0.15, -0.1) is 0 Å². The van der Waals surface area contributed by atoms with Gasteiger partial charge in [-0.25, -0.2) is 0 Å². The van der Waals surface area contributed by atoms with E-state index in [2.05, 4.69) is 6.58 Å². The molecular formula is C23H26N2O3. The molecule has 1 saturated heterocycles. The van der Waals surface area contributed by atoms with E-state index >= 15 is 0 Å². The number of ether oxygens (including phenoxy) is 1. The first-order valence-electron chi connectivity index (χ1n) is 9.57. The molecule has 5 nitrogen and oxygen atoms in total. The van der Waals surface area contributed by atoms with Gasteiger partial charge in [-0.3, -0.25) is 9.59 Å². The van der Waals surface area contributed by atoms with Gasteiger partial charge in [0.25, 0.3) is 5.91 Å². The summed E-state index contributed by atoms with van der Waals surface area (Å²) >= 11 is 0. The van der Waals surface area contributed by atoms with Crippen molar-refractivity contribution in [3.05, 3.63) is 72.3 Å². The van der Waals surface area contributed by atoms with Crippen LogP contribution < -0.4 is 9.64 Å². The summed E-state index contributed by atoms with van der Waals surface area (Å²) in [6.45, 7) is 5.35. The highest BCUT2D eigenvalue weighted by Crippen LogP contribution is 2.22. The van der Waals surface area contributed by atoms with Crippen molar-refractivity contribution in [2.45, 2.75) is 25.8 Å². The first-order valence-corrected chi connectivity index (χ1v) is 9.57. The van der Waals surface area contributed by atoms with Crippen molar-refractivity contribution >= 4 is 17.5 Å². The topological polar surface area (TPSA) is 49.9 Å². The maximum Gasteiger partial charge on any atom is 0.253 e. The lowest BCUT2D eigenvalue weighted by molar-refractivity contribution is -0.119. The van der Waals surface area contributed by atoms with Crippen LogP contribution >= 0.6 is 0 Å². The largest absolute Gasteiger partial charge is 0.490 e. The van der Waals surface area contributed by atoms with Crippen molar-refractivity contribution in [1.29, 1.82) is 0 Å². The number of anilines is 1. The van der Waals surface area contributed by atoms with Crippen LogP contribution in [0.5, 0.6) is 5.75 Å². The van der Waals surface area contributed by atoms with Crippen LogP contribution in [0.1, 0.15) is 35.2 Å². The predicted molar refractivity (Wildman–Crippen MR) is 111 cm³/mol. The number of hydrogen-bond donors (Lipinski definition) is 0. The van der Waals surface area contributed by atoms with Crippen LogP contribution in [-0.2, 0) is 11.3 Å². The zero-order chi connectivity index (χ0) is 19.9. The van der Waals surface area contributed by atoms with E-state index in [1.807, 2.05) is 36.4 Å². The average molecular weight is 378 g/mol. The lowest BCUT2D eigenvalue weighted by Crippen LogP contribution is -2.35. The molecule has 0 spiro atoms. The quantitative estimate of drug-likeness (QED) is 0.683. The minimum Gasteiger partial charge on any atom is -0.490 e. The Balaban J connectivity index is 1.61. The fraction of sp³-hybridized carbons (Fsp3) is 0.304. The van der Waals surface area contributed by atoms with E-state index in [0.29, 0.717) is 25.1 Å². The Morgan fingerprint density at radius 2 is 1.86 bits per heavy atom. The molecule has 1 aliphatic heterocycles. The normalized spacial score (nSPS) is 13.9. The molecule has 1 aliphatic rings. The number of benzene rings is 2. The number of carbonyl (C=O) groups excluding carboxylic acids is 2. The van der Waals surface area contributed by atoms with Crippen molar-refractivity contribution < 1.29 is 14.3 Å². The van der Waals surface area contributed by atoms with Gasteiger partial charge in [0, 0.05) is 37.8 Å². The van der Waals surface area contributed by atoms with Crippen molar-refractivity contribution in [3.8, 4) is 5.75 Å². The standard InChI is InChI=1S/C23H26N2O3/c1-3-16-28-21-13-7-18(8-14-21)17-24(2)23(27)19-9-11-20(12-10-19)25-15-5-4-6-22(25)26/h3,7-14H,1,4-6,15-17H2,2H3. The number of amides is 2. The molecule has 2 aromatic rings. The van der Waals surface area contributed by atoms with Crippen LogP contribution in [0.3, 0.4) is 0 Å². The van der Waals surface area contributed by atoms with Crippen molar-refractivity contribution in [2.75, 3.05) is 25.1 Å². The summed E-state index contributed by atoms with van der Waals surface area (Å²) < 4.78 is 5.47. The molecular weight excluding hydrogens is 352 g/mol. The summed E-state index contributed by atoms with van der Waals surface area (Å²) in [6, 6.07) is 15.0. The van der Waals surface area contributed by atoms with E-state index in [-0.39, 0.29) is 11.8 Å². The fourth-order valence-electron chi connectivity index (χ4n) is 3.28. The van der Waals surface area contributed by atoms with Gasteiger partial charge in [0.05, 0.1) is 0 Å². The van der Waals surface area contributed by atoms with Gasteiger partial charge < -0.3 is 14.5 Å². The van der Waals surface area contributed by atoms with E-state index in [9.17, 15) is 9.59 Å². The van der Waals surface area contributed by atoms with Gasteiger partial charge in [0.2, 0.25) is 5.91 Å². The van der Waals surface area contributed by atoms with Crippen molar-refractivity contribution in [3.63, 3.8) is 0 Å². The fourth-order valence-corrected chi connectivity index (χ4v) is 3.28. The van der Waals surface area contributed by atoms with Crippen LogP contribution in [-0.4, -0.2) is 36.9 Å². The second kappa shape index (κ2) is 9.22. The second-order valence-corrected chi connectivity index (χ2v) is 6.95. The summed E-state index contributed by atoms with van der Waals surface area (Å²) in [5, 5.41) is 0. The number of piperidine rings is 1. The molecule has 1 fully saturated rings. The number of rotatable bonds is 7. The highest BCUT2D eigenvalue weighted by atomic mass is 16.5. The van der Waals surface area contributed by atoms with Gasteiger partial charge in [0.15, 0.2) is 0 Å². The van der Waals surface area contributed by atoms with Gasteiger partial charge in [-0.1, -0.05) is 24.8 Å². The van der Waals surface area contributed by atoms with Gasteiger partial charge in [-0.2, -0.15) is 0 Å². The summed E-state index contributed by atoms with van der Waals surface area (Å²) in [6.07, 6.45) is 4.28. The molecule has 0 bridgehead atoms. The van der Waals surface area contributed by atoms with E-state index < -0.39 is 0 Å². The Labute approximate surface area is 166 Å². The van der Waals surface area contributed by atoms with Crippen LogP contribution in [0.2, 0.25) is 0 Å². The maximum absolute atomic E-state index is 12.7. The number of carbonyl (C=O) groups is 2. The van der Waals surface area contributed by atoms with Crippen molar-refractivity contribution in [1.82, 2.24) is 4.90 Å². The minimum atomic E-state index is -0.0523. The minimum absolute atomic E-state index is 0.0523. The van der Waals surface area contributed by atoms with Crippen LogP contribution in [0.25, 0.3) is 0 Å². The van der Waals surface area contributed by atoms with Crippen LogP contribution in [0.15, 0.2) is 61.2 Å². The molecule has 5 heteroatoms. The van der Waals surface area contributed by atoms with E-state index in [4.69, 9.17) is 4.74 Å². The molecule has 0 unspecified atom stereocenters. The zero-order valence-corrected chi connectivity index (χ0v) is 16.3. The Morgan fingerprint density at radius 3 is 2.50 bits per heavy atom. The number of hydrogen-bond acceptors (Lipinski definition) is 3. The smallest absolute Gasteiger partial charge is 0.253 e. The third-order valence-corrected chi connectivity index (χ3v) is 4.81. The highest BCUT2D eigenvalue weighted by molar-refractivity contribution is 5.96. The Kier molecular flexibility index (Phi) is 6.48. The summed E-state index contributed by atoms with van der Waals surface area (Å²) in [4.78, 5) is 28.2. The molecule has 0 saturated carbocycles. The summed E-state index contributed by atoms with van der Waals surface area (Å²) in [7, 11) is 1.78. The van der Waals surface area contributed by atoms with Crippen LogP contribution in [0.4, 0.5) is 5.69 Å².